The van der Waals surface area contributed by atoms with E-state index in [1.54, 1.807) is 19.1 Å². The number of nitrogens with zero attached hydrogens (tertiary/aromatic N) is 1. The highest BCUT2D eigenvalue weighted by Crippen LogP contribution is 2.38. The molecule has 0 fully saturated rings. The average molecular weight is 270 g/mol. The van der Waals surface area contributed by atoms with Gasteiger partial charge in [0.25, 0.3) is 0 Å². The third-order valence-electron chi connectivity index (χ3n) is 3.68. The summed E-state index contributed by atoms with van der Waals surface area (Å²) >= 11 is 0. The maximum atomic E-state index is 13.3. The topological polar surface area (TPSA) is 43.4 Å². The highest BCUT2D eigenvalue weighted by Gasteiger charge is 2.20. The number of anilines is 1. The van der Waals surface area contributed by atoms with Gasteiger partial charge in [-0.05, 0) is 59.9 Å². The summed E-state index contributed by atoms with van der Waals surface area (Å²) in [6, 6.07) is 10.2. The lowest BCUT2D eigenvalue weighted by Gasteiger charge is -2.24. The van der Waals surface area contributed by atoms with Crippen LogP contribution in [0.1, 0.15) is 18.1 Å². The molecule has 4 heteroatoms. The van der Waals surface area contributed by atoms with Gasteiger partial charge in [-0.1, -0.05) is 12.1 Å². The summed E-state index contributed by atoms with van der Waals surface area (Å²) in [5.41, 5.74) is 4.61. The average Bonchev–Trinajstić information content (AvgIpc) is 2.75. The third kappa shape index (κ3) is 1.93. The van der Waals surface area contributed by atoms with Gasteiger partial charge in [-0.15, -0.1) is 0 Å². The molecular formula is C16H13FNO2-. The number of amides is 1. The second kappa shape index (κ2) is 4.63. The minimum Gasteiger partial charge on any atom is -0.530 e. The van der Waals surface area contributed by atoms with E-state index < -0.39 is 6.09 Å². The van der Waals surface area contributed by atoms with Crippen LogP contribution < -0.4 is 10.0 Å². The van der Waals surface area contributed by atoms with Crippen LogP contribution in [0.3, 0.4) is 0 Å². The Morgan fingerprint density at radius 1 is 1.20 bits per heavy atom. The molecular weight excluding hydrogens is 257 g/mol. The maximum Gasteiger partial charge on any atom is 0.141 e. The van der Waals surface area contributed by atoms with Crippen LogP contribution in [0.25, 0.3) is 11.1 Å². The Hall–Kier alpha value is -2.36. The van der Waals surface area contributed by atoms with Crippen molar-refractivity contribution in [1.82, 2.24) is 0 Å². The van der Waals surface area contributed by atoms with E-state index in [1.807, 2.05) is 12.1 Å². The van der Waals surface area contributed by atoms with Gasteiger partial charge in [0, 0.05) is 12.2 Å². The highest BCUT2D eigenvalue weighted by atomic mass is 19.1. The van der Waals surface area contributed by atoms with Gasteiger partial charge in [0.1, 0.15) is 11.9 Å². The van der Waals surface area contributed by atoms with E-state index >= 15 is 0 Å². The molecule has 0 saturated heterocycles. The zero-order valence-corrected chi connectivity index (χ0v) is 11.0. The van der Waals surface area contributed by atoms with Crippen molar-refractivity contribution in [2.24, 2.45) is 0 Å². The SMILES string of the molecule is CCN(C(=O)[O-])c1ccc2c(c1)Cc1cc(F)ccc1-2. The normalized spacial score (nSPS) is 11.9. The molecule has 1 aliphatic rings. The van der Waals surface area contributed by atoms with Crippen LogP contribution in [0.4, 0.5) is 14.9 Å². The zero-order valence-electron chi connectivity index (χ0n) is 11.0. The number of carboxylic acid groups (broad SMARTS) is 1. The van der Waals surface area contributed by atoms with Crippen molar-refractivity contribution in [3.05, 3.63) is 53.3 Å². The molecule has 3 rings (SSSR count). The predicted molar refractivity (Wildman–Crippen MR) is 73.1 cm³/mol. The van der Waals surface area contributed by atoms with Crippen LogP contribution in [-0.2, 0) is 6.42 Å². The first kappa shape index (κ1) is 12.7. The minimum absolute atomic E-state index is 0.248. The molecule has 0 N–H and O–H groups in total. The summed E-state index contributed by atoms with van der Waals surface area (Å²) < 4.78 is 13.3. The number of hydrogen-bond donors (Lipinski definition) is 0. The number of carbonyl (C=O) groups is 1. The summed E-state index contributed by atoms with van der Waals surface area (Å²) in [5, 5.41) is 11.1. The van der Waals surface area contributed by atoms with Crippen LogP contribution >= 0.6 is 0 Å². The number of carbonyl (C=O) groups excluding carboxylic acids is 1. The van der Waals surface area contributed by atoms with E-state index in [1.165, 1.54) is 17.0 Å². The largest absolute Gasteiger partial charge is 0.530 e. The third-order valence-corrected chi connectivity index (χ3v) is 3.68. The van der Waals surface area contributed by atoms with E-state index in [4.69, 9.17) is 0 Å². The molecule has 0 atom stereocenters. The molecule has 0 bridgehead atoms. The van der Waals surface area contributed by atoms with Gasteiger partial charge in [-0.3, -0.25) is 0 Å². The van der Waals surface area contributed by atoms with Crippen LogP contribution in [0.5, 0.6) is 0 Å². The second-order valence-corrected chi connectivity index (χ2v) is 4.83. The van der Waals surface area contributed by atoms with Gasteiger partial charge in [0.05, 0.1) is 0 Å². The molecule has 2 aromatic carbocycles. The number of hydrogen-bond acceptors (Lipinski definition) is 2. The second-order valence-electron chi connectivity index (χ2n) is 4.83. The Morgan fingerprint density at radius 2 is 1.85 bits per heavy atom. The summed E-state index contributed by atoms with van der Waals surface area (Å²) in [6.45, 7) is 2.09. The fourth-order valence-electron chi connectivity index (χ4n) is 2.75. The molecule has 0 heterocycles. The van der Waals surface area contributed by atoms with Crippen LogP contribution in [0.15, 0.2) is 36.4 Å². The molecule has 0 radical (unpaired) electrons. The summed E-state index contributed by atoms with van der Waals surface area (Å²) in [5.74, 6) is -0.248. The van der Waals surface area contributed by atoms with Gasteiger partial charge < -0.3 is 14.8 Å². The van der Waals surface area contributed by atoms with E-state index in [-0.39, 0.29) is 5.82 Å². The van der Waals surface area contributed by atoms with Crippen molar-refractivity contribution in [3.63, 3.8) is 0 Å². The lowest BCUT2D eigenvalue weighted by molar-refractivity contribution is -0.246. The monoisotopic (exact) mass is 270 g/mol. The quantitative estimate of drug-likeness (QED) is 0.718. The highest BCUT2D eigenvalue weighted by molar-refractivity contribution is 5.87. The fourth-order valence-corrected chi connectivity index (χ4v) is 2.75. The number of rotatable bonds is 2. The Kier molecular flexibility index (Phi) is 2.93. The summed E-state index contributed by atoms with van der Waals surface area (Å²) in [7, 11) is 0. The molecule has 0 aliphatic heterocycles. The van der Waals surface area contributed by atoms with Gasteiger partial charge in [0.15, 0.2) is 0 Å². The minimum atomic E-state index is -1.21. The van der Waals surface area contributed by atoms with E-state index in [2.05, 4.69) is 0 Å². The van der Waals surface area contributed by atoms with Gasteiger partial charge in [-0.25, -0.2) is 4.39 Å². The van der Waals surface area contributed by atoms with Gasteiger partial charge in [-0.2, -0.15) is 0 Å². The lowest BCUT2D eigenvalue weighted by atomic mass is 10.1. The molecule has 1 aliphatic carbocycles. The van der Waals surface area contributed by atoms with Crippen LogP contribution in [0, 0.1) is 5.82 Å². The van der Waals surface area contributed by atoms with Crippen LogP contribution in [-0.4, -0.2) is 12.6 Å². The van der Waals surface area contributed by atoms with E-state index in [0.717, 1.165) is 22.3 Å². The smallest absolute Gasteiger partial charge is 0.141 e. The Labute approximate surface area is 116 Å². The number of benzene rings is 2. The van der Waals surface area contributed by atoms with Crippen molar-refractivity contribution < 1.29 is 14.3 Å². The molecule has 2 aromatic rings. The molecule has 0 saturated carbocycles. The standard InChI is InChI=1S/C16H14FNO2/c1-2-18(16(19)20)13-4-6-15-11(9-13)7-10-8-12(17)3-5-14(10)15/h3-6,8-9H,2,7H2,1H3,(H,19,20)/p-1. The Balaban J connectivity index is 2.04. The Bertz CT molecular complexity index is 697. The van der Waals surface area contributed by atoms with Crippen molar-refractivity contribution in [3.8, 4) is 11.1 Å². The first-order valence-corrected chi connectivity index (χ1v) is 6.50. The van der Waals surface area contributed by atoms with Gasteiger partial charge in [0.2, 0.25) is 0 Å². The fraction of sp³-hybridized carbons (Fsp3) is 0.188. The van der Waals surface area contributed by atoms with Crippen molar-refractivity contribution in [1.29, 1.82) is 0 Å². The molecule has 0 unspecified atom stereocenters. The summed E-state index contributed by atoms with van der Waals surface area (Å²) in [4.78, 5) is 12.2. The van der Waals surface area contributed by atoms with E-state index in [0.29, 0.717) is 18.7 Å². The predicted octanol–water partition coefficient (Wildman–Crippen LogP) is 2.57. The zero-order chi connectivity index (χ0) is 14.3. The molecule has 0 aromatic heterocycles. The number of halogens is 1. The molecule has 3 nitrogen and oxygen atoms in total. The molecule has 102 valence electrons. The number of fused-ring (bicyclic) bond motifs is 3. The maximum absolute atomic E-state index is 13.3. The first-order chi connectivity index (χ1) is 9.60. The lowest BCUT2D eigenvalue weighted by Crippen LogP contribution is -2.41. The molecule has 20 heavy (non-hydrogen) atoms. The summed E-state index contributed by atoms with van der Waals surface area (Å²) in [6.07, 6.45) is -0.588. The van der Waals surface area contributed by atoms with E-state index in [9.17, 15) is 14.3 Å². The van der Waals surface area contributed by atoms with Crippen molar-refractivity contribution in [2.75, 3.05) is 11.4 Å². The van der Waals surface area contributed by atoms with Crippen LogP contribution in [0.2, 0.25) is 0 Å². The molecule has 0 spiro atoms. The molecule has 1 amide bonds. The Morgan fingerprint density at radius 3 is 2.50 bits per heavy atom. The van der Waals surface area contributed by atoms with Gasteiger partial charge >= 0.3 is 0 Å². The first-order valence-electron chi connectivity index (χ1n) is 6.50. The van der Waals surface area contributed by atoms with Crippen molar-refractivity contribution >= 4 is 11.8 Å². The van der Waals surface area contributed by atoms with Crippen molar-refractivity contribution in [2.45, 2.75) is 13.3 Å².